The van der Waals surface area contributed by atoms with Gasteiger partial charge in [-0.2, -0.15) is 0 Å². The van der Waals surface area contributed by atoms with Crippen LogP contribution in [0.2, 0.25) is 0 Å². The van der Waals surface area contributed by atoms with Gasteiger partial charge in [0.05, 0.1) is 0 Å². The zero-order valence-corrected chi connectivity index (χ0v) is 32.6. The van der Waals surface area contributed by atoms with Crippen molar-refractivity contribution >= 4 is 65.2 Å². The Balaban J connectivity index is 1.16. The average molecular weight is 729 g/mol. The number of nitrogens with zero attached hydrogens (tertiary/aromatic N) is 2. The lowest BCUT2D eigenvalue weighted by atomic mass is 9.80. The van der Waals surface area contributed by atoms with Crippen LogP contribution in [0.5, 0.6) is 0 Å². The highest BCUT2D eigenvalue weighted by atomic mass is 14.9. The molecular formula is C55H40N2. The summed E-state index contributed by atoms with van der Waals surface area (Å²) in [6.45, 7) is 4.76. The molecule has 57 heavy (non-hydrogen) atoms. The summed E-state index contributed by atoms with van der Waals surface area (Å²) < 4.78 is 4.68. The molecule has 2 heterocycles. The molecule has 0 N–H and O–H groups in total. The van der Waals surface area contributed by atoms with E-state index in [1.54, 1.807) is 0 Å². The number of fused-ring (bicyclic) bond motifs is 11. The predicted octanol–water partition coefficient (Wildman–Crippen LogP) is 14.6. The van der Waals surface area contributed by atoms with Crippen LogP contribution in [0.15, 0.2) is 170 Å². The summed E-state index contributed by atoms with van der Waals surface area (Å²) in [6, 6.07) is 64.0. The second kappa shape index (κ2) is 11.6. The summed E-state index contributed by atoms with van der Waals surface area (Å²) in [5.41, 5.74) is 17.9. The molecule has 0 unspecified atom stereocenters. The van der Waals surface area contributed by atoms with Gasteiger partial charge in [-0.1, -0.05) is 147 Å². The fraction of sp³-hybridized carbons (Fsp3) is 0.0909. The number of aryl methyl sites for hydroxylation is 2. The highest BCUT2D eigenvalue weighted by Gasteiger charge is 2.35. The summed E-state index contributed by atoms with van der Waals surface area (Å²) >= 11 is 0. The number of para-hydroxylation sites is 2. The molecule has 1 aliphatic carbocycles. The number of aromatic nitrogens is 2. The summed E-state index contributed by atoms with van der Waals surface area (Å²) in [7, 11) is 4.38. The first kappa shape index (κ1) is 32.4. The molecule has 0 amide bonds. The maximum atomic E-state index is 2.49. The minimum atomic E-state index is -0.0965. The maximum absolute atomic E-state index is 2.49. The van der Waals surface area contributed by atoms with E-state index >= 15 is 0 Å². The molecule has 0 aliphatic heterocycles. The SMILES string of the molecule is Cn1c2ccccc2c2ccc(-c3cccc4c(-c5ccc6c(c5)C(C)(C)c5ccccc5-6)c5cccc(-c6ccc7c8ccccc8n(C)c7c6)c5cc34)cc21. The van der Waals surface area contributed by atoms with Crippen molar-refractivity contribution in [3.63, 3.8) is 0 Å². The van der Waals surface area contributed by atoms with E-state index in [-0.39, 0.29) is 5.41 Å². The number of rotatable bonds is 3. The number of benzene rings is 9. The molecule has 0 spiro atoms. The molecule has 2 heteroatoms. The molecule has 11 aromatic rings. The van der Waals surface area contributed by atoms with E-state index in [0.717, 1.165) is 0 Å². The van der Waals surface area contributed by atoms with Crippen molar-refractivity contribution in [1.29, 1.82) is 0 Å². The van der Waals surface area contributed by atoms with Gasteiger partial charge in [-0.3, -0.25) is 0 Å². The Labute approximate surface area is 331 Å². The van der Waals surface area contributed by atoms with Gasteiger partial charge >= 0.3 is 0 Å². The molecule has 1 aliphatic rings. The monoisotopic (exact) mass is 728 g/mol. The topological polar surface area (TPSA) is 9.86 Å². The van der Waals surface area contributed by atoms with Crippen molar-refractivity contribution < 1.29 is 0 Å². The van der Waals surface area contributed by atoms with Crippen LogP contribution in [0.3, 0.4) is 0 Å². The van der Waals surface area contributed by atoms with Gasteiger partial charge in [0.2, 0.25) is 0 Å². The molecule has 0 fully saturated rings. The third-order valence-electron chi connectivity index (χ3n) is 13.4. The van der Waals surface area contributed by atoms with E-state index in [1.165, 1.54) is 121 Å². The van der Waals surface area contributed by atoms with Crippen LogP contribution >= 0.6 is 0 Å². The van der Waals surface area contributed by atoms with Crippen molar-refractivity contribution in [3.05, 3.63) is 181 Å². The van der Waals surface area contributed by atoms with Gasteiger partial charge in [0.15, 0.2) is 0 Å². The molecule has 2 nitrogen and oxygen atoms in total. The normalized spacial score (nSPS) is 13.4. The molecule has 270 valence electrons. The smallest absolute Gasteiger partial charge is 0.0494 e. The molecule has 0 radical (unpaired) electrons. The van der Waals surface area contributed by atoms with Crippen LogP contribution in [-0.2, 0) is 19.5 Å². The van der Waals surface area contributed by atoms with Crippen molar-refractivity contribution in [1.82, 2.24) is 9.13 Å². The Bertz CT molecular complexity index is 3340. The van der Waals surface area contributed by atoms with Gasteiger partial charge in [-0.15, -0.1) is 0 Å². The first-order chi connectivity index (χ1) is 27.9. The zero-order valence-electron chi connectivity index (χ0n) is 32.6. The fourth-order valence-electron chi connectivity index (χ4n) is 10.5. The van der Waals surface area contributed by atoms with Crippen LogP contribution in [0.4, 0.5) is 0 Å². The third-order valence-corrected chi connectivity index (χ3v) is 13.4. The Morgan fingerprint density at radius 1 is 0.316 bits per heavy atom. The highest BCUT2D eigenvalue weighted by molar-refractivity contribution is 6.20. The first-order valence-corrected chi connectivity index (χ1v) is 20.1. The molecule has 2 aromatic heterocycles. The first-order valence-electron chi connectivity index (χ1n) is 20.1. The Kier molecular flexibility index (Phi) is 6.57. The van der Waals surface area contributed by atoms with Crippen molar-refractivity contribution in [2.45, 2.75) is 19.3 Å². The Morgan fingerprint density at radius 2 is 0.772 bits per heavy atom. The van der Waals surface area contributed by atoms with E-state index < -0.39 is 0 Å². The van der Waals surface area contributed by atoms with Gasteiger partial charge in [0.1, 0.15) is 0 Å². The summed E-state index contributed by atoms with van der Waals surface area (Å²) in [4.78, 5) is 0. The Hall–Kier alpha value is -6.90. The zero-order chi connectivity index (χ0) is 38.2. The molecule has 0 saturated heterocycles. The lowest BCUT2D eigenvalue weighted by Crippen LogP contribution is -2.14. The van der Waals surface area contributed by atoms with Gasteiger partial charge in [-0.25, -0.2) is 0 Å². The minimum absolute atomic E-state index is 0.0965. The second-order valence-corrected chi connectivity index (χ2v) is 16.6. The van der Waals surface area contributed by atoms with Crippen LogP contribution in [0.1, 0.15) is 25.0 Å². The highest BCUT2D eigenvalue weighted by Crippen LogP contribution is 2.51. The summed E-state index contributed by atoms with van der Waals surface area (Å²) in [5.74, 6) is 0. The van der Waals surface area contributed by atoms with Crippen molar-refractivity contribution in [2.75, 3.05) is 0 Å². The number of hydrogen-bond donors (Lipinski definition) is 0. The van der Waals surface area contributed by atoms with Gasteiger partial charge in [0, 0.05) is 63.1 Å². The van der Waals surface area contributed by atoms with Crippen LogP contribution < -0.4 is 0 Å². The lowest BCUT2D eigenvalue weighted by molar-refractivity contribution is 0.660. The number of hydrogen-bond acceptors (Lipinski definition) is 0. The summed E-state index contributed by atoms with van der Waals surface area (Å²) in [5, 5.41) is 10.2. The summed E-state index contributed by atoms with van der Waals surface area (Å²) in [6.07, 6.45) is 0. The molecule has 12 rings (SSSR count). The third kappa shape index (κ3) is 4.41. The molecule has 9 aromatic carbocycles. The van der Waals surface area contributed by atoms with Gasteiger partial charge < -0.3 is 9.13 Å². The second-order valence-electron chi connectivity index (χ2n) is 16.6. The quantitative estimate of drug-likeness (QED) is 0.160. The van der Waals surface area contributed by atoms with Crippen molar-refractivity contribution in [3.8, 4) is 44.5 Å². The van der Waals surface area contributed by atoms with Gasteiger partial charge in [0.25, 0.3) is 0 Å². The van der Waals surface area contributed by atoms with Crippen LogP contribution in [0, 0.1) is 0 Å². The van der Waals surface area contributed by atoms with E-state index in [1.807, 2.05) is 0 Å². The van der Waals surface area contributed by atoms with Crippen LogP contribution in [0.25, 0.3) is 110 Å². The predicted molar refractivity (Wildman–Crippen MR) is 243 cm³/mol. The Morgan fingerprint density at radius 3 is 1.37 bits per heavy atom. The van der Waals surface area contributed by atoms with E-state index in [4.69, 9.17) is 0 Å². The standard InChI is InChI=1S/C55H40N2/c1-55(2)48-20-8-5-13-38(48)39-26-25-35(29-49(39)55)54-44-18-11-16-36(33-23-27-42-40-14-6-9-21-50(40)56(3)52(42)30-33)46(44)32-47-37(17-12-19-45(47)54)34-24-28-43-41-15-7-10-22-51(41)57(4)53(43)31-34/h5-32H,1-4H3. The van der Waals surface area contributed by atoms with E-state index in [2.05, 4.69) is 207 Å². The molecule has 0 atom stereocenters. The maximum Gasteiger partial charge on any atom is 0.0494 e. The fourth-order valence-corrected chi connectivity index (χ4v) is 10.5. The average Bonchev–Trinajstić information content (AvgIpc) is 3.80. The largest absolute Gasteiger partial charge is 0.344 e. The molecular weight excluding hydrogens is 689 g/mol. The van der Waals surface area contributed by atoms with Crippen molar-refractivity contribution in [2.24, 2.45) is 14.1 Å². The minimum Gasteiger partial charge on any atom is -0.344 e. The van der Waals surface area contributed by atoms with Crippen LogP contribution in [-0.4, -0.2) is 9.13 Å². The van der Waals surface area contributed by atoms with E-state index in [9.17, 15) is 0 Å². The lowest BCUT2D eigenvalue weighted by Gasteiger charge is -2.23. The molecule has 0 saturated carbocycles. The molecule has 0 bridgehead atoms. The van der Waals surface area contributed by atoms with Gasteiger partial charge in [-0.05, 0) is 114 Å². The van der Waals surface area contributed by atoms with E-state index in [0.29, 0.717) is 0 Å².